The Bertz CT molecular complexity index is 566. The number of nitrogens with two attached hydrogens (primary N) is 1. The van der Waals surface area contributed by atoms with E-state index >= 15 is 0 Å². The van der Waals surface area contributed by atoms with E-state index in [1.807, 2.05) is 30.3 Å². The minimum absolute atomic E-state index is 0.323. The van der Waals surface area contributed by atoms with Gasteiger partial charge in [0.15, 0.2) is 0 Å². The lowest BCUT2D eigenvalue weighted by Gasteiger charge is -2.39. The van der Waals surface area contributed by atoms with Crippen molar-refractivity contribution in [3.8, 4) is 0 Å². The Morgan fingerprint density at radius 2 is 1.00 bits per heavy atom. The number of unbranched alkanes of at least 4 members (excludes halogenated alkanes) is 12. The number of hydrogen-bond acceptors (Lipinski definition) is 3. The van der Waals surface area contributed by atoms with Crippen molar-refractivity contribution in [2.24, 2.45) is 5.73 Å². The van der Waals surface area contributed by atoms with Crippen LogP contribution in [-0.4, -0.2) is 42.7 Å². The summed E-state index contributed by atoms with van der Waals surface area (Å²) in [6, 6.07) is 8.32. The molecule has 0 amide bonds. The van der Waals surface area contributed by atoms with E-state index in [0.29, 0.717) is 6.42 Å². The summed E-state index contributed by atoms with van der Waals surface area (Å²) in [5, 5.41) is 10.3. The summed E-state index contributed by atoms with van der Waals surface area (Å²) in [5.74, 6) is -1.21. The molecule has 0 bridgehead atoms. The smallest absolute Gasteiger partial charge is 0.0786 e. The van der Waals surface area contributed by atoms with Gasteiger partial charge in [-0.3, -0.25) is 0 Å². The summed E-state index contributed by atoms with van der Waals surface area (Å²) in [5.41, 5.74) is 6.20. The van der Waals surface area contributed by atoms with Gasteiger partial charge in [-0.05, 0) is 63.4 Å². The molecule has 0 spiro atoms. The number of carbonyl (C=O) groups is 1. The number of carboxylic acid groups (broad SMARTS) is 1. The predicted octanol–water partition coefficient (Wildman–Crippen LogP) is 7.43. The molecule has 0 radical (unpaired) electrons. The second-order valence-corrected chi connectivity index (χ2v) is 11.1. The first-order chi connectivity index (χ1) is 17.9. The average Bonchev–Trinajstić information content (AvgIpc) is 2.90. The van der Waals surface area contributed by atoms with Crippen molar-refractivity contribution in [1.82, 2.24) is 0 Å². The molecule has 1 rings (SSSR count). The molecule has 4 heteroatoms. The lowest BCUT2D eigenvalue weighted by atomic mass is 10.1. The highest BCUT2D eigenvalue weighted by molar-refractivity contribution is 5.71. The molecule has 0 fully saturated rings. The van der Waals surface area contributed by atoms with Gasteiger partial charge in [0.2, 0.25) is 0 Å². The molecule has 0 aromatic heterocycles. The highest BCUT2D eigenvalue weighted by Gasteiger charge is 2.25. The number of carbonyl (C=O) groups excluding carboxylic acids is 1. The summed E-state index contributed by atoms with van der Waals surface area (Å²) in [6.45, 7) is 15.2. The molecular weight excluding hydrogens is 456 g/mol. The monoisotopic (exact) mass is 518 g/mol. The highest BCUT2D eigenvalue weighted by Crippen LogP contribution is 2.19. The van der Waals surface area contributed by atoms with Gasteiger partial charge < -0.3 is 20.1 Å². The van der Waals surface area contributed by atoms with Gasteiger partial charge in [-0.2, -0.15) is 0 Å². The largest absolute Gasteiger partial charge is 0.548 e. The van der Waals surface area contributed by atoms with Crippen LogP contribution in [0.3, 0.4) is 0 Å². The van der Waals surface area contributed by atoms with Gasteiger partial charge in [-0.25, -0.2) is 0 Å². The predicted molar refractivity (Wildman–Crippen MR) is 159 cm³/mol. The fraction of sp³-hybridized carbons (Fsp3) is 0.788. The molecule has 37 heavy (non-hydrogen) atoms. The molecule has 0 aliphatic carbocycles. The Morgan fingerprint density at radius 1 is 0.649 bits per heavy atom. The number of nitrogens with zero attached hydrogens (tertiary/aromatic N) is 1. The van der Waals surface area contributed by atoms with Crippen LogP contribution in [0.5, 0.6) is 0 Å². The molecule has 0 aliphatic heterocycles. The summed E-state index contributed by atoms with van der Waals surface area (Å²) in [7, 11) is 0. The summed E-state index contributed by atoms with van der Waals surface area (Å²) >= 11 is 0. The van der Waals surface area contributed by atoms with Crippen LogP contribution in [0.15, 0.2) is 30.3 Å². The maximum atomic E-state index is 10.3. The van der Waals surface area contributed by atoms with E-state index in [1.54, 1.807) is 0 Å². The van der Waals surface area contributed by atoms with Gasteiger partial charge >= 0.3 is 0 Å². The molecule has 1 aromatic rings. The fourth-order valence-electron chi connectivity index (χ4n) is 5.12. The highest BCUT2D eigenvalue weighted by atomic mass is 16.4. The van der Waals surface area contributed by atoms with E-state index < -0.39 is 12.0 Å². The van der Waals surface area contributed by atoms with Gasteiger partial charge in [0, 0.05) is 6.04 Å². The molecule has 1 atom stereocenters. The van der Waals surface area contributed by atoms with E-state index in [1.165, 1.54) is 133 Å². The molecule has 0 saturated carbocycles. The maximum Gasteiger partial charge on any atom is 0.0786 e. The number of hydrogen-bond donors (Lipinski definition) is 1. The van der Waals surface area contributed by atoms with Crippen LogP contribution < -0.4 is 10.8 Å². The van der Waals surface area contributed by atoms with Crippen LogP contribution in [-0.2, 0) is 11.2 Å². The Hall–Kier alpha value is -1.39. The molecule has 2 N–H and O–H groups in total. The lowest BCUT2D eigenvalue weighted by Crippen LogP contribution is -2.50. The number of aliphatic carboxylic acids is 1. The van der Waals surface area contributed by atoms with E-state index in [0.717, 1.165) is 5.56 Å². The molecule has 1 unspecified atom stereocenters. The minimum Gasteiger partial charge on any atom is -0.548 e. The molecule has 216 valence electrons. The van der Waals surface area contributed by atoms with Crippen molar-refractivity contribution < 1.29 is 14.4 Å². The molecule has 0 heterocycles. The number of carboxylic acids is 1. The molecule has 0 saturated heterocycles. The number of quaternary nitrogens is 1. The number of benzene rings is 1. The van der Waals surface area contributed by atoms with E-state index in [2.05, 4.69) is 27.7 Å². The molecule has 0 aliphatic rings. The van der Waals surface area contributed by atoms with E-state index in [4.69, 9.17) is 5.73 Å². The van der Waals surface area contributed by atoms with Gasteiger partial charge in [0.05, 0.1) is 32.1 Å². The second-order valence-electron chi connectivity index (χ2n) is 11.1. The van der Waals surface area contributed by atoms with Gasteiger partial charge in [0.1, 0.15) is 0 Å². The normalized spacial score (nSPS) is 12.1. The zero-order chi connectivity index (χ0) is 27.6. The fourth-order valence-corrected chi connectivity index (χ4v) is 5.12. The van der Waals surface area contributed by atoms with Crippen LogP contribution in [0.1, 0.15) is 136 Å². The quantitative estimate of drug-likeness (QED) is 0.121. The summed E-state index contributed by atoms with van der Waals surface area (Å²) < 4.78 is 1.46. The van der Waals surface area contributed by atoms with Crippen molar-refractivity contribution in [3.05, 3.63) is 35.9 Å². The Kier molecular flexibility index (Phi) is 24.0. The van der Waals surface area contributed by atoms with Gasteiger partial charge in [0.25, 0.3) is 0 Å². The van der Waals surface area contributed by atoms with Crippen molar-refractivity contribution in [2.75, 3.05) is 26.2 Å². The topological polar surface area (TPSA) is 66.2 Å². The van der Waals surface area contributed by atoms with Crippen molar-refractivity contribution in [3.63, 3.8) is 0 Å². The first-order valence-corrected chi connectivity index (χ1v) is 15.8. The summed E-state index contributed by atoms with van der Waals surface area (Å²) in [6.07, 6.45) is 23.2. The van der Waals surface area contributed by atoms with Crippen LogP contribution in [0.25, 0.3) is 0 Å². The van der Waals surface area contributed by atoms with Crippen LogP contribution in [0.4, 0.5) is 0 Å². The minimum atomic E-state index is -1.21. The zero-order valence-electron chi connectivity index (χ0n) is 25.2. The third-order valence-corrected chi connectivity index (χ3v) is 7.55. The third-order valence-electron chi connectivity index (χ3n) is 7.55. The van der Waals surface area contributed by atoms with Crippen LogP contribution >= 0.6 is 0 Å². The third kappa shape index (κ3) is 20.3. The Balaban J connectivity index is 0.000000893. The number of rotatable bonds is 23. The van der Waals surface area contributed by atoms with Crippen LogP contribution in [0, 0.1) is 0 Å². The summed E-state index contributed by atoms with van der Waals surface area (Å²) in [4.78, 5) is 10.3. The van der Waals surface area contributed by atoms with Crippen LogP contribution in [0.2, 0.25) is 0 Å². The van der Waals surface area contributed by atoms with Gasteiger partial charge in [-0.15, -0.1) is 0 Å². The Labute approximate surface area is 231 Å². The standard InChI is InChI=1S/C24H52N.C9H11NO2/c1-5-9-13-17-21-25(22-18-14-10-6-2,23-19-15-11-7-3)24-20-16-12-8-4;10-8(9(11)12)6-7-4-2-1-3-5-7/h5-24H2,1-4H3;1-5,8H,6,10H2,(H,11,12)/q+1;/p-1. The van der Waals surface area contributed by atoms with Crippen molar-refractivity contribution in [2.45, 2.75) is 143 Å². The first kappa shape index (κ1) is 35.6. The maximum absolute atomic E-state index is 10.3. The molecular formula is C33H62N2O2. The van der Waals surface area contributed by atoms with E-state index in [-0.39, 0.29) is 0 Å². The van der Waals surface area contributed by atoms with Gasteiger partial charge in [-0.1, -0.05) is 109 Å². The zero-order valence-corrected chi connectivity index (χ0v) is 25.2. The Morgan fingerprint density at radius 3 is 1.30 bits per heavy atom. The van der Waals surface area contributed by atoms with Crippen molar-refractivity contribution >= 4 is 5.97 Å². The molecule has 1 aromatic carbocycles. The first-order valence-electron chi connectivity index (χ1n) is 15.8. The average molecular weight is 519 g/mol. The van der Waals surface area contributed by atoms with E-state index in [9.17, 15) is 9.90 Å². The SMILES string of the molecule is CCCCCC[N+](CCCCCC)(CCCCCC)CCCCCC.NC(Cc1ccccc1)C(=O)[O-]. The lowest BCUT2D eigenvalue weighted by molar-refractivity contribution is -0.929. The van der Waals surface area contributed by atoms with Crippen molar-refractivity contribution in [1.29, 1.82) is 0 Å². The molecule has 4 nitrogen and oxygen atoms in total. The second kappa shape index (κ2) is 24.9.